The minimum Gasteiger partial charge on any atom is -0.493 e. The number of aliphatic hydroxyl groups excluding tert-OH is 1. The van der Waals surface area contributed by atoms with E-state index in [-0.39, 0.29) is 18.2 Å². The molecule has 0 heterocycles. The SMILES string of the molecule is CC(C)(Cc1ccc(Oc2ccc(C#N)cc2)cc1)NC[C@H](O)COC1=CC=CC(N)C1N. The summed E-state index contributed by atoms with van der Waals surface area (Å²) < 4.78 is 11.5. The molecular weight excluding hydrogens is 416 g/mol. The zero-order valence-electron chi connectivity index (χ0n) is 19.1. The smallest absolute Gasteiger partial charge is 0.127 e. The van der Waals surface area contributed by atoms with Crippen molar-refractivity contribution in [2.75, 3.05) is 13.2 Å². The Labute approximate surface area is 195 Å². The van der Waals surface area contributed by atoms with Crippen molar-refractivity contribution >= 4 is 0 Å². The van der Waals surface area contributed by atoms with E-state index in [1.165, 1.54) is 0 Å². The van der Waals surface area contributed by atoms with Gasteiger partial charge in [-0.1, -0.05) is 24.3 Å². The lowest BCUT2D eigenvalue weighted by Gasteiger charge is -2.29. The van der Waals surface area contributed by atoms with Crippen LogP contribution in [0.2, 0.25) is 0 Å². The molecule has 2 unspecified atom stereocenters. The van der Waals surface area contributed by atoms with E-state index in [1.807, 2.05) is 36.4 Å². The molecule has 0 bridgehead atoms. The van der Waals surface area contributed by atoms with Crippen LogP contribution >= 0.6 is 0 Å². The van der Waals surface area contributed by atoms with Crippen LogP contribution in [0.5, 0.6) is 11.5 Å². The number of benzene rings is 2. The fourth-order valence-corrected chi connectivity index (χ4v) is 3.47. The molecule has 3 rings (SSSR count). The normalized spacial score (nSPS) is 18.8. The van der Waals surface area contributed by atoms with Gasteiger partial charge in [0.15, 0.2) is 0 Å². The lowest BCUT2D eigenvalue weighted by molar-refractivity contribution is 0.0599. The molecule has 7 nitrogen and oxygen atoms in total. The largest absolute Gasteiger partial charge is 0.493 e. The first kappa shape index (κ1) is 24.5. The summed E-state index contributed by atoms with van der Waals surface area (Å²) in [5, 5.41) is 22.6. The van der Waals surface area contributed by atoms with Gasteiger partial charge in [0, 0.05) is 18.1 Å². The number of nitrogens with two attached hydrogens (primary N) is 2. The third-order valence-corrected chi connectivity index (χ3v) is 5.38. The Morgan fingerprint density at radius 2 is 1.73 bits per heavy atom. The summed E-state index contributed by atoms with van der Waals surface area (Å²) in [6.07, 6.45) is 5.52. The highest BCUT2D eigenvalue weighted by atomic mass is 16.5. The quantitative estimate of drug-likeness (QED) is 0.440. The molecule has 0 fully saturated rings. The zero-order chi connectivity index (χ0) is 23.8. The second-order valence-corrected chi connectivity index (χ2v) is 8.85. The molecule has 174 valence electrons. The predicted octanol–water partition coefficient (Wildman–Crippen LogP) is 2.75. The van der Waals surface area contributed by atoms with Gasteiger partial charge in [-0.2, -0.15) is 5.26 Å². The van der Waals surface area contributed by atoms with Crippen molar-refractivity contribution in [3.05, 3.63) is 83.6 Å². The summed E-state index contributed by atoms with van der Waals surface area (Å²) >= 11 is 0. The predicted molar refractivity (Wildman–Crippen MR) is 129 cm³/mol. The Kier molecular flexibility index (Phi) is 8.26. The number of ether oxygens (including phenoxy) is 2. The van der Waals surface area contributed by atoms with Crippen molar-refractivity contribution in [1.29, 1.82) is 5.26 Å². The molecule has 0 spiro atoms. The van der Waals surface area contributed by atoms with Crippen molar-refractivity contribution in [3.8, 4) is 17.6 Å². The highest BCUT2D eigenvalue weighted by Gasteiger charge is 2.22. The number of aliphatic hydroxyl groups is 1. The number of hydrogen-bond acceptors (Lipinski definition) is 7. The molecule has 7 heteroatoms. The van der Waals surface area contributed by atoms with Gasteiger partial charge in [-0.15, -0.1) is 0 Å². The van der Waals surface area contributed by atoms with Crippen LogP contribution < -0.4 is 21.5 Å². The third kappa shape index (κ3) is 7.45. The molecule has 0 saturated carbocycles. The van der Waals surface area contributed by atoms with Gasteiger partial charge in [0.2, 0.25) is 0 Å². The number of nitrogens with one attached hydrogen (secondary N) is 1. The second-order valence-electron chi connectivity index (χ2n) is 8.85. The fourth-order valence-electron chi connectivity index (χ4n) is 3.47. The highest BCUT2D eigenvalue weighted by Crippen LogP contribution is 2.23. The van der Waals surface area contributed by atoms with Gasteiger partial charge in [-0.05, 0) is 68.3 Å². The van der Waals surface area contributed by atoms with Crippen LogP contribution in [-0.2, 0) is 11.2 Å². The molecule has 0 saturated heterocycles. The Hall–Kier alpha value is -3.15. The van der Waals surface area contributed by atoms with Gasteiger partial charge in [-0.3, -0.25) is 0 Å². The number of rotatable bonds is 10. The maximum atomic E-state index is 10.3. The molecule has 33 heavy (non-hydrogen) atoms. The molecule has 1 aliphatic carbocycles. The summed E-state index contributed by atoms with van der Waals surface area (Å²) in [5.41, 5.74) is 13.4. The maximum Gasteiger partial charge on any atom is 0.127 e. The zero-order valence-corrected chi connectivity index (χ0v) is 19.1. The van der Waals surface area contributed by atoms with Crippen LogP contribution in [0.25, 0.3) is 0 Å². The minimum atomic E-state index is -0.678. The van der Waals surface area contributed by atoms with E-state index in [0.717, 1.165) is 17.7 Å². The molecule has 2 aromatic rings. The number of nitrogens with zero attached hydrogens (tertiary/aromatic N) is 1. The number of nitriles is 1. The van der Waals surface area contributed by atoms with E-state index in [4.69, 9.17) is 26.2 Å². The molecule has 0 aliphatic heterocycles. The minimum absolute atomic E-state index is 0.143. The average molecular weight is 449 g/mol. The summed E-state index contributed by atoms with van der Waals surface area (Å²) in [6, 6.07) is 16.3. The first-order valence-electron chi connectivity index (χ1n) is 11.0. The standard InChI is InChI=1S/C26H32N4O3/c1-26(2,30-16-20(31)17-32-24-5-3-4-23(28)25(24)29)14-18-6-10-21(11-7-18)33-22-12-8-19(15-27)9-13-22/h3-13,20,23,25,30-31H,14,16-17,28-29H2,1-2H3/t20-,23?,25?/m0/s1. The fraction of sp³-hybridized carbons (Fsp3) is 0.346. The highest BCUT2D eigenvalue weighted by molar-refractivity contribution is 5.38. The second kappa shape index (κ2) is 11.1. The lowest BCUT2D eigenvalue weighted by Crippen LogP contribution is -2.46. The summed E-state index contributed by atoms with van der Waals surface area (Å²) in [6.45, 7) is 4.71. The first-order chi connectivity index (χ1) is 15.8. The molecule has 1 aliphatic rings. The third-order valence-electron chi connectivity index (χ3n) is 5.38. The molecule has 0 amide bonds. The van der Waals surface area contributed by atoms with Crippen LogP contribution in [0, 0.1) is 11.3 Å². The Morgan fingerprint density at radius 3 is 2.36 bits per heavy atom. The molecular formula is C26H32N4O3. The van der Waals surface area contributed by atoms with Crippen molar-refractivity contribution in [1.82, 2.24) is 5.32 Å². The summed E-state index contributed by atoms with van der Waals surface area (Å²) in [7, 11) is 0. The first-order valence-corrected chi connectivity index (χ1v) is 11.0. The van der Waals surface area contributed by atoms with E-state index in [0.29, 0.717) is 23.6 Å². The molecule has 6 N–H and O–H groups in total. The molecule has 3 atom stereocenters. The molecule has 0 aromatic heterocycles. The topological polar surface area (TPSA) is 127 Å². The van der Waals surface area contributed by atoms with Crippen LogP contribution in [0.4, 0.5) is 0 Å². The maximum absolute atomic E-state index is 10.3. The van der Waals surface area contributed by atoms with Crippen LogP contribution in [-0.4, -0.2) is 42.0 Å². The summed E-state index contributed by atoms with van der Waals surface area (Å²) in [4.78, 5) is 0. The number of hydrogen-bond donors (Lipinski definition) is 4. The van der Waals surface area contributed by atoms with Crippen LogP contribution in [0.1, 0.15) is 25.0 Å². The van der Waals surface area contributed by atoms with E-state index in [1.54, 1.807) is 30.3 Å². The van der Waals surface area contributed by atoms with Crippen molar-refractivity contribution < 1.29 is 14.6 Å². The van der Waals surface area contributed by atoms with Gasteiger partial charge in [0.1, 0.15) is 30.0 Å². The van der Waals surface area contributed by atoms with E-state index >= 15 is 0 Å². The van der Waals surface area contributed by atoms with Crippen molar-refractivity contribution in [2.24, 2.45) is 11.5 Å². The molecule has 2 aromatic carbocycles. The monoisotopic (exact) mass is 448 g/mol. The van der Waals surface area contributed by atoms with Crippen molar-refractivity contribution in [2.45, 2.75) is 44.0 Å². The summed E-state index contributed by atoms with van der Waals surface area (Å²) in [5.74, 6) is 2.00. The average Bonchev–Trinajstić information content (AvgIpc) is 2.80. The van der Waals surface area contributed by atoms with Gasteiger partial charge < -0.3 is 31.4 Å². The molecule has 0 radical (unpaired) electrons. The number of β-amino-alcohol motifs (C(OH)–C–C–N with tert-alkyl or cyclic N) is 1. The lowest BCUT2D eigenvalue weighted by atomic mass is 9.94. The Bertz CT molecular complexity index is 1010. The van der Waals surface area contributed by atoms with E-state index in [2.05, 4.69) is 25.2 Å². The van der Waals surface area contributed by atoms with Crippen molar-refractivity contribution in [3.63, 3.8) is 0 Å². The Morgan fingerprint density at radius 1 is 1.09 bits per heavy atom. The van der Waals surface area contributed by atoms with E-state index < -0.39 is 12.1 Å². The van der Waals surface area contributed by atoms with Gasteiger partial charge >= 0.3 is 0 Å². The van der Waals surface area contributed by atoms with Gasteiger partial charge in [0.05, 0.1) is 17.7 Å². The van der Waals surface area contributed by atoms with Crippen LogP contribution in [0.15, 0.2) is 72.5 Å². The van der Waals surface area contributed by atoms with Gasteiger partial charge in [0.25, 0.3) is 0 Å². The van der Waals surface area contributed by atoms with Crippen LogP contribution in [0.3, 0.4) is 0 Å². The number of allylic oxidation sites excluding steroid dienone is 2. The van der Waals surface area contributed by atoms with Gasteiger partial charge in [-0.25, -0.2) is 0 Å². The van der Waals surface area contributed by atoms with E-state index in [9.17, 15) is 5.11 Å². The Balaban J connectivity index is 1.45.